The highest BCUT2D eigenvalue weighted by Crippen LogP contribution is 2.36. The SMILES string of the molecule is CCCCCCCCCc1cnc(-c2ccc(OCCCC3CCCCC3CCC)cc2)nc1. The van der Waals surface area contributed by atoms with Crippen LogP contribution in [0, 0.1) is 11.8 Å². The molecule has 2 atom stereocenters. The number of ether oxygens (including phenoxy) is 1. The summed E-state index contributed by atoms with van der Waals surface area (Å²) in [6, 6.07) is 8.29. The molecule has 188 valence electrons. The molecule has 3 rings (SSSR count). The molecule has 2 unspecified atom stereocenters. The summed E-state index contributed by atoms with van der Waals surface area (Å²) in [6.45, 7) is 5.42. The summed E-state index contributed by atoms with van der Waals surface area (Å²) in [6.07, 6.45) is 25.4. The van der Waals surface area contributed by atoms with E-state index in [1.807, 2.05) is 12.4 Å². The smallest absolute Gasteiger partial charge is 0.159 e. The van der Waals surface area contributed by atoms with Crippen molar-refractivity contribution in [3.8, 4) is 17.1 Å². The van der Waals surface area contributed by atoms with E-state index in [4.69, 9.17) is 4.74 Å². The van der Waals surface area contributed by atoms with Crippen LogP contribution in [-0.4, -0.2) is 16.6 Å². The number of rotatable bonds is 16. The van der Waals surface area contributed by atoms with Crippen molar-refractivity contribution in [3.05, 3.63) is 42.2 Å². The summed E-state index contributed by atoms with van der Waals surface area (Å²) in [5, 5.41) is 0. The minimum absolute atomic E-state index is 0.800. The van der Waals surface area contributed by atoms with Gasteiger partial charge in [-0.25, -0.2) is 9.97 Å². The third-order valence-electron chi connectivity index (χ3n) is 7.60. The molecular formula is C31H48N2O. The van der Waals surface area contributed by atoms with E-state index in [1.54, 1.807) is 0 Å². The van der Waals surface area contributed by atoms with Gasteiger partial charge in [0.2, 0.25) is 0 Å². The van der Waals surface area contributed by atoms with Crippen molar-refractivity contribution in [1.29, 1.82) is 0 Å². The van der Waals surface area contributed by atoms with Gasteiger partial charge >= 0.3 is 0 Å². The lowest BCUT2D eigenvalue weighted by molar-refractivity contribution is 0.193. The maximum atomic E-state index is 6.05. The molecule has 0 N–H and O–H groups in total. The molecule has 1 saturated carbocycles. The van der Waals surface area contributed by atoms with Crippen LogP contribution < -0.4 is 4.74 Å². The highest BCUT2D eigenvalue weighted by atomic mass is 16.5. The van der Waals surface area contributed by atoms with Crippen molar-refractivity contribution < 1.29 is 4.74 Å². The predicted molar refractivity (Wildman–Crippen MR) is 144 cm³/mol. The molecule has 1 aromatic carbocycles. The lowest BCUT2D eigenvalue weighted by atomic mass is 9.75. The Balaban J connectivity index is 1.35. The average Bonchev–Trinajstić information content (AvgIpc) is 2.88. The highest BCUT2D eigenvalue weighted by Gasteiger charge is 2.23. The zero-order valence-corrected chi connectivity index (χ0v) is 21.9. The van der Waals surface area contributed by atoms with Crippen LogP contribution in [0.3, 0.4) is 0 Å². The van der Waals surface area contributed by atoms with Gasteiger partial charge in [0.1, 0.15) is 5.75 Å². The molecule has 34 heavy (non-hydrogen) atoms. The Labute approximate surface area is 209 Å². The second-order valence-electron chi connectivity index (χ2n) is 10.4. The second kappa shape index (κ2) is 15.9. The summed E-state index contributed by atoms with van der Waals surface area (Å²) >= 11 is 0. The number of hydrogen-bond donors (Lipinski definition) is 0. The fraction of sp³-hybridized carbons (Fsp3) is 0.677. The summed E-state index contributed by atoms with van der Waals surface area (Å²) in [5.41, 5.74) is 2.30. The molecule has 0 bridgehead atoms. The summed E-state index contributed by atoms with van der Waals surface area (Å²) in [5.74, 6) is 3.63. The van der Waals surface area contributed by atoms with Crippen molar-refractivity contribution in [2.75, 3.05) is 6.61 Å². The Morgan fingerprint density at radius 3 is 2.06 bits per heavy atom. The molecule has 2 aromatic rings. The Hall–Kier alpha value is -1.90. The molecule has 0 amide bonds. The van der Waals surface area contributed by atoms with Gasteiger partial charge in [-0.05, 0) is 67.3 Å². The van der Waals surface area contributed by atoms with Crippen LogP contribution in [0.4, 0.5) is 0 Å². The van der Waals surface area contributed by atoms with Crippen LogP contribution in [0.2, 0.25) is 0 Å². The van der Waals surface area contributed by atoms with E-state index in [0.717, 1.165) is 48.4 Å². The van der Waals surface area contributed by atoms with Crippen molar-refractivity contribution >= 4 is 0 Å². The van der Waals surface area contributed by atoms with Crippen LogP contribution in [0.25, 0.3) is 11.4 Å². The zero-order valence-electron chi connectivity index (χ0n) is 21.9. The molecule has 0 aliphatic heterocycles. The number of benzene rings is 1. The molecule has 3 nitrogen and oxygen atoms in total. The molecule has 1 heterocycles. The summed E-state index contributed by atoms with van der Waals surface area (Å²) in [4.78, 5) is 9.23. The molecule has 1 fully saturated rings. The van der Waals surface area contributed by atoms with Gasteiger partial charge in [0.05, 0.1) is 6.61 Å². The molecular weight excluding hydrogens is 416 g/mol. The first-order chi connectivity index (χ1) is 16.8. The lowest BCUT2D eigenvalue weighted by Gasteiger charge is -2.31. The Bertz CT molecular complexity index is 769. The van der Waals surface area contributed by atoms with Crippen molar-refractivity contribution in [1.82, 2.24) is 9.97 Å². The van der Waals surface area contributed by atoms with Crippen molar-refractivity contribution in [2.45, 2.75) is 117 Å². The Morgan fingerprint density at radius 2 is 1.38 bits per heavy atom. The monoisotopic (exact) mass is 464 g/mol. The Morgan fingerprint density at radius 1 is 0.735 bits per heavy atom. The number of aromatic nitrogens is 2. The third kappa shape index (κ3) is 9.39. The third-order valence-corrected chi connectivity index (χ3v) is 7.60. The van der Waals surface area contributed by atoms with Crippen LogP contribution >= 0.6 is 0 Å². The maximum Gasteiger partial charge on any atom is 0.159 e. The normalized spacial score (nSPS) is 18.2. The molecule has 1 aromatic heterocycles. The molecule has 0 saturated heterocycles. The first-order valence-corrected chi connectivity index (χ1v) is 14.3. The van der Waals surface area contributed by atoms with E-state index >= 15 is 0 Å². The van der Waals surface area contributed by atoms with Gasteiger partial charge in [-0.3, -0.25) is 0 Å². The molecule has 1 aliphatic carbocycles. The van der Waals surface area contributed by atoms with Crippen LogP contribution in [-0.2, 0) is 6.42 Å². The molecule has 0 radical (unpaired) electrons. The van der Waals surface area contributed by atoms with Crippen molar-refractivity contribution in [3.63, 3.8) is 0 Å². The highest BCUT2D eigenvalue weighted by molar-refractivity contribution is 5.55. The van der Waals surface area contributed by atoms with E-state index in [9.17, 15) is 0 Å². The fourth-order valence-electron chi connectivity index (χ4n) is 5.57. The second-order valence-corrected chi connectivity index (χ2v) is 10.4. The number of hydrogen-bond acceptors (Lipinski definition) is 3. The van der Waals surface area contributed by atoms with Crippen LogP contribution in [0.5, 0.6) is 5.75 Å². The lowest BCUT2D eigenvalue weighted by Crippen LogP contribution is -2.20. The molecule has 1 aliphatic rings. The predicted octanol–water partition coefficient (Wildman–Crippen LogP) is 9.20. The van der Waals surface area contributed by atoms with Gasteiger partial charge in [0, 0.05) is 18.0 Å². The van der Waals surface area contributed by atoms with Gasteiger partial charge in [0.15, 0.2) is 5.82 Å². The van der Waals surface area contributed by atoms with Gasteiger partial charge < -0.3 is 4.74 Å². The summed E-state index contributed by atoms with van der Waals surface area (Å²) < 4.78 is 6.05. The Kier molecular flexibility index (Phi) is 12.5. The zero-order chi connectivity index (χ0) is 23.8. The van der Waals surface area contributed by atoms with Gasteiger partial charge in [-0.1, -0.05) is 90.9 Å². The maximum absolute atomic E-state index is 6.05. The minimum Gasteiger partial charge on any atom is -0.494 e. The molecule has 0 spiro atoms. The first kappa shape index (κ1) is 26.7. The number of unbranched alkanes of at least 4 members (excludes halogenated alkanes) is 6. The van der Waals surface area contributed by atoms with Crippen LogP contribution in [0.1, 0.15) is 116 Å². The van der Waals surface area contributed by atoms with E-state index in [-0.39, 0.29) is 0 Å². The van der Waals surface area contributed by atoms with Crippen molar-refractivity contribution in [2.24, 2.45) is 11.8 Å². The van der Waals surface area contributed by atoms with Gasteiger partial charge in [-0.2, -0.15) is 0 Å². The van der Waals surface area contributed by atoms with E-state index in [0.29, 0.717) is 0 Å². The minimum atomic E-state index is 0.800. The molecule has 3 heteroatoms. The first-order valence-electron chi connectivity index (χ1n) is 14.3. The number of nitrogens with zero attached hydrogens (tertiary/aromatic N) is 2. The summed E-state index contributed by atoms with van der Waals surface area (Å²) in [7, 11) is 0. The van der Waals surface area contributed by atoms with Gasteiger partial charge in [-0.15, -0.1) is 0 Å². The van der Waals surface area contributed by atoms with E-state index < -0.39 is 0 Å². The van der Waals surface area contributed by atoms with Gasteiger partial charge in [0.25, 0.3) is 0 Å². The van der Waals surface area contributed by atoms with E-state index in [2.05, 4.69) is 48.1 Å². The topological polar surface area (TPSA) is 35.0 Å². The number of aryl methyl sites for hydroxylation is 1. The van der Waals surface area contributed by atoms with E-state index in [1.165, 1.54) is 95.5 Å². The largest absolute Gasteiger partial charge is 0.494 e. The standard InChI is InChI=1S/C31H48N2O/c1-3-5-6-7-8-9-10-15-26-24-32-31(33-25-26)29-19-21-30(22-20-29)34-23-13-18-28-17-12-11-16-27(28)14-4-2/h19-22,24-25,27-28H,3-18,23H2,1-2H3. The quantitative estimate of drug-likeness (QED) is 0.232. The fourth-order valence-corrected chi connectivity index (χ4v) is 5.57. The average molecular weight is 465 g/mol. The van der Waals surface area contributed by atoms with Crippen LogP contribution in [0.15, 0.2) is 36.7 Å².